The zero-order chi connectivity index (χ0) is 33.1. The molecule has 5 atom stereocenters. The van der Waals surface area contributed by atoms with Crippen molar-refractivity contribution in [2.45, 2.75) is 50.6 Å². The Morgan fingerprint density at radius 2 is 1.64 bits per heavy atom. The molecule has 1 fully saturated rings. The lowest BCUT2D eigenvalue weighted by molar-refractivity contribution is -0.253. The van der Waals surface area contributed by atoms with Crippen molar-refractivity contribution in [2.75, 3.05) is 18.9 Å². The average Bonchev–Trinajstić information content (AvgIpc) is 3.39. The standard InChI is InChI=1S/C37H36N2O8/c1-22(33(41)25-7-4-3-5-8-25)39(2)20-29-19-32(24-13-11-23(21-40)12-14-24)46-37(45-29)27-9-6-10-28(17-27)38-34(42)26-15-16-30-31(18-26)36(44)47-35(30)43/h3-18,22,29,32-33,37,40-41H,19-21H2,1-2H3,(H,38,42)/t22-,29-,32+,33-,37?/m0/s1. The van der Waals surface area contributed by atoms with Crippen molar-refractivity contribution in [3.8, 4) is 0 Å². The van der Waals surface area contributed by atoms with Crippen molar-refractivity contribution in [2.24, 2.45) is 0 Å². The summed E-state index contributed by atoms with van der Waals surface area (Å²) in [6, 6.07) is 28.4. The zero-order valence-electron chi connectivity index (χ0n) is 26.0. The number of likely N-dealkylation sites (N-methyl/N-ethyl adjacent to an activating group) is 1. The number of esters is 2. The lowest BCUT2D eigenvalue weighted by Gasteiger charge is -2.39. The molecular formula is C37H36N2O8. The highest BCUT2D eigenvalue weighted by Gasteiger charge is 2.35. The van der Waals surface area contributed by atoms with Gasteiger partial charge in [0.15, 0.2) is 6.29 Å². The van der Waals surface area contributed by atoms with Gasteiger partial charge < -0.3 is 29.7 Å². The molecule has 10 heteroatoms. The topological polar surface area (TPSA) is 135 Å². The lowest BCUT2D eigenvalue weighted by Crippen LogP contribution is -2.43. The number of rotatable bonds is 10. The Hall–Kier alpha value is -4.71. The molecular weight excluding hydrogens is 600 g/mol. The second-order valence-electron chi connectivity index (χ2n) is 11.9. The van der Waals surface area contributed by atoms with Gasteiger partial charge in [-0.2, -0.15) is 0 Å². The Labute approximate surface area is 272 Å². The Bertz CT molecular complexity index is 1760. The zero-order valence-corrected chi connectivity index (χ0v) is 26.0. The number of hydrogen-bond donors (Lipinski definition) is 3. The molecule has 1 unspecified atom stereocenters. The fourth-order valence-corrected chi connectivity index (χ4v) is 5.88. The molecule has 4 aromatic rings. The van der Waals surface area contributed by atoms with Crippen LogP contribution < -0.4 is 5.32 Å². The summed E-state index contributed by atoms with van der Waals surface area (Å²) in [5, 5.41) is 23.4. The van der Waals surface area contributed by atoms with E-state index >= 15 is 0 Å². The monoisotopic (exact) mass is 636 g/mol. The largest absolute Gasteiger partial charge is 0.392 e. The second kappa shape index (κ2) is 14.0. The Kier molecular flexibility index (Phi) is 9.58. The van der Waals surface area contributed by atoms with Gasteiger partial charge in [0.05, 0.1) is 36.0 Å². The van der Waals surface area contributed by atoms with Gasteiger partial charge in [0.2, 0.25) is 0 Å². The van der Waals surface area contributed by atoms with E-state index in [9.17, 15) is 24.6 Å². The first kappa shape index (κ1) is 32.2. The van der Waals surface area contributed by atoms with Gasteiger partial charge in [-0.3, -0.25) is 9.69 Å². The van der Waals surface area contributed by atoms with Crippen LogP contribution in [0.4, 0.5) is 5.69 Å². The molecule has 1 amide bonds. The van der Waals surface area contributed by atoms with Crippen molar-refractivity contribution in [3.05, 3.63) is 136 Å². The van der Waals surface area contributed by atoms with Crippen LogP contribution in [0.15, 0.2) is 97.1 Å². The van der Waals surface area contributed by atoms with Crippen LogP contribution in [0.1, 0.15) is 85.2 Å². The van der Waals surface area contributed by atoms with Crippen molar-refractivity contribution in [3.63, 3.8) is 0 Å². The fourth-order valence-electron chi connectivity index (χ4n) is 5.88. The number of cyclic esters (lactones) is 2. The molecule has 2 heterocycles. The number of hydrogen-bond acceptors (Lipinski definition) is 9. The first-order chi connectivity index (χ1) is 22.7. The van der Waals surface area contributed by atoms with Gasteiger partial charge in [0.25, 0.3) is 5.91 Å². The van der Waals surface area contributed by atoms with Crippen molar-refractivity contribution >= 4 is 23.5 Å². The number of nitrogens with one attached hydrogen (secondary N) is 1. The maximum absolute atomic E-state index is 13.1. The van der Waals surface area contributed by atoms with Crippen LogP contribution in [-0.4, -0.2) is 58.7 Å². The minimum Gasteiger partial charge on any atom is -0.392 e. The molecule has 0 spiro atoms. The van der Waals surface area contributed by atoms with Gasteiger partial charge in [-0.05, 0) is 61.0 Å². The number of anilines is 1. The maximum Gasteiger partial charge on any atom is 0.346 e. The van der Waals surface area contributed by atoms with E-state index in [-0.39, 0.29) is 41.5 Å². The third kappa shape index (κ3) is 7.17. The van der Waals surface area contributed by atoms with Gasteiger partial charge in [-0.1, -0.05) is 66.7 Å². The summed E-state index contributed by atoms with van der Waals surface area (Å²) >= 11 is 0. The van der Waals surface area contributed by atoms with E-state index in [0.717, 1.165) is 16.7 Å². The quantitative estimate of drug-likeness (QED) is 0.156. The SMILES string of the molecule is C[C@@H]([C@H](O)c1ccccc1)N(C)C[C@@H]1C[C@H](c2ccc(CO)cc2)OC(c2cccc(NC(=O)c3ccc4c(c3)C(=O)OC4=O)c2)O1. The molecule has 0 aliphatic carbocycles. The second-order valence-corrected chi connectivity index (χ2v) is 11.9. The first-order valence-corrected chi connectivity index (χ1v) is 15.5. The number of nitrogens with zero attached hydrogens (tertiary/aromatic N) is 1. The van der Waals surface area contributed by atoms with Crippen LogP contribution in [0.3, 0.4) is 0 Å². The average molecular weight is 637 g/mol. The molecule has 1 saturated heterocycles. The van der Waals surface area contributed by atoms with Crippen LogP contribution in [0.25, 0.3) is 0 Å². The normalized spacial score (nSPS) is 20.4. The van der Waals surface area contributed by atoms with Crippen LogP contribution >= 0.6 is 0 Å². The Morgan fingerprint density at radius 3 is 2.38 bits per heavy atom. The van der Waals surface area contributed by atoms with E-state index in [0.29, 0.717) is 24.2 Å². The number of fused-ring (bicyclic) bond motifs is 1. The molecule has 4 aromatic carbocycles. The predicted molar refractivity (Wildman–Crippen MR) is 172 cm³/mol. The van der Waals surface area contributed by atoms with Crippen LogP contribution in [0, 0.1) is 0 Å². The third-order valence-electron chi connectivity index (χ3n) is 8.72. The number of amides is 1. The summed E-state index contributed by atoms with van der Waals surface area (Å²) < 4.78 is 17.6. The number of benzene rings is 4. The van der Waals surface area contributed by atoms with Crippen LogP contribution in [0.2, 0.25) is 0 Å². The van der Waals surface area contributed by atoms with E-state index in [4.69, 9.17) is 9.47 Å². The highest BCUT2D eigenvalue weighted by molar-refractivity contribution is 6.16. The predicted octanol–water partition coefficient (Wildman–Crippen LogP) is 5.34. The van der Waals surface area contributed by atoms with Gasteiger partial charge in [-0.25, -0.2) is 9.59 Å². The van der Waals surface area contributed by atoms with Gasteiger partial charge in [-0.15, -0.1) is 0 Å². The molecule has 0 aromatic heterocycles. The summed E-state index contributed by atoms with van der Waals surface area (Å²) in [5.41, 5.74) is 4.14. The molecule has 2 aliphatic rings. The van der Waals surface area contributed by atoms with E-state index in [1.807, 2.05) is 74.6 Å². The molecule has 47 heavy (non-hydrogen) atoms. The smallest absolute Gasteiger partial charge is 0.346 e. The van der Waals surface area contributed by atoms with Crippen molar-refractivity contribution < 1.29 is 38.8 Å². The van der Waals surface area contributed by atoms with E-state index < -0.39 is 30.2 Å². The molecule has 10 nitrogen and oxygen atoms in total. The fraction of sp³-hybridized carbons (Fsp3) is 0.270. The highest BCUT2D eigenvalue weighted by Crippen LogP contribution is 2.39. The molecule has 242 valence electrons. The molecule has 3 N–H and O–H groups in total. The summed E-state index contributed by atoms with van der Waals surface area (Å²) in [6.45, 7) is 2.45. The summed E-state index contributed by atoms with van der Waals surface area (Å²) in [4.78, 5) is 39.0. The minimum absolute atomic E-state index is 0.0556. The van der Waals surface area contributed by atoms with E-state index in [1.165, 1.54) is 18.2 Å². The molecule has 0 radical (unpaired) electrons. The Morgan fingerprint density at radius 1 is 0.894 bits per heavy atom. The van der Waals surface area contributed by atoms with Gasteiger partial charge in [0.1, 0.15) is 0 Å². The van der Waals surface area contributed by atoms with E-state index in [1.54, 1.807) is 18.2 Å². The van der Waals surface area contributed by atoms with Crippen molar-refractivity contribution in [1.82, 2.24) is 4.90 Å². The third-order valence-corrected chi connectivity index (χ3v) is 8.72. The summed E-state index contributed by atoms with van der Waals surface area (Å²) in [7, 11) is 1.96. The van der Waals surface area contributed by atoms with Crippen LogP contribution in [-0.2, 0) is 20.8 Å². The molecule has 6 rings (SSSR count). The van der Waals surface area contributed by atoms with Gasteiger partial charge in [0, 0.05) is 35.8 Å². The van der Waals surface area contributed by atoms with Crippen LogP contribution in [0.5, 0.6) is 0 Å². The molecule has 0 saturated carbocycles. The highest BCUT2D eigenvalue weighted by atomic mass is 16.7. The number of aliphatic hydroxyl groups excluding tert-OH is 2. The molecule has 0 bridgehead atoms. The van der Waals surface area contributed by atoms with Gasteiger partial charge >= 0.3 is 11.9 Å². The summed E-state index contributed by atoms with van der Waals surface area (Å²) in [6.07, 6.45) is -1.47. The molecule has 2 aliphatic heterocycles. The first-order valence-electron chi connectivity index (χ1n) is 15.5. The Balaban J connectivity index is 1.20. The van der Waals surface area contributed by atoms with E-state index in [2.05, 4.69) is 15.0 Å². The minimum atomic E-state index is -0.780. The number of ether oxygens (including phenoxy) is 3. The number of carbonyl (C=O) groups excluding carboxylic acids is 3. The maximum atomic E-state index is 13.1. The summed E-state index contributed by atoms with van der Waals surface area (Å²) in [5.74, 6) is -1.97. The number of carbonyl (C=O) groups is 3. The lowest BCUT2D eigenvalue weighted by atomic mass is 9.98. The number of aliphatic hydroxyl groups is 2. The van der Waals surface area contributed by atoms with Crippen molar-refractivity contribution in [1.29, 1.82) is 0 Å².